The van der Waals surface area contributed by atoms with Gasteiger partial charge in [-0.1, -0.05) is 61.3 Å². The Morgan fingerprint density at radius 2 is 1.58 bits per heavy atom. The van der Waals surface area contributed by atoms with Crippen LogP contribution in [0, 0.1) is 16.7 Å². The summed E-state index contributed by atoms with van der Waals surface area (Å²) >= 11 is 11.6. The molecule has 3 rings (SSSR count). The fourth-order valence-corrected chi connectivity index (χ4v) is 3.61. The van der Waals surface area contributed by atoms with E-state index in [4.69, 9.17) is 32.7 Å². The fraction of sp³-hybridized carbons (Fsp3) is 0.286. The molecule has 0 amide bonds. The van der Waals surface area contributed by atoms with Gasteiger partial charge >= 0.3 is 5.97 Å². The van der Waals surface area contributed by atoms with E-state index in [0.29, 0.717) is 17.2 Å². The van der Waals surface area contributed by atoms with Gasteiger partial charge in [0.15, 0.2) is 0 Å². The molecule has 0 saturated heterocycles. The molecule has 5 heteroatoms. The molecule has 26 heavy (non-hydrogen) atoms. The summed E-state index contributed by atoms with van der Waals surface area (Å²) in [4.78, 5) is 12.8. The number of halogens is 2. The van der Waals surface area contributed by atoms with E-state index in [2.05, 4.69) is 0 Å². The second-order valence-electron chi connectivity index (χ2n) is 7.14. The van der Waals surface area contributed by atoms with Crippen molar-refractivity contribution in [3.8, 4) is 17.2 Å². The lowest BCUT2D eigenvalue weighted by atomic mass is 9.98. The van der Waals surface area contributed by atoms with Crippen molar-refractivity contribution in [2.45, 2.75) is 20.8 Å². The van der Waals surface area contributed by atoms with Crippen molar-refractivity contribution in [3.05, 3.63) is 65.2 Å². The van der Waals surface area contributed by atoms with Crippen LogP contribution in [0.1, 0.15) is 20.8 Å². The predicted octanol–water partition coefficient (Wildman–Crippen LogP) is 6.37. The molecule has 1 fully saturated rings. The Balaban J connectivity index is 1.74. The Hall–Kier alpha value is -1.97. The van der Waals surface area contributed by atoms with Gasteiger partial charge in [-0.2, -0.15) is 0 Å². The van der Waals surface area contributed by atoms with Crippen LogP contribution in [-0.4, -0.2) is 5.97 Å². The zero-order valence-corrected chi connectivity index (χ0v) is 16.3. The number of carbonyl (C=O) groups is 1. The van der Waals surface area contributed by atoms with Gasteiger partial charge in [-0.05, 0) is 42.7 Å². The third-order valence-corrected chi connectivity index (χ3v) is 5.62. The van der Waals surface area contributed by atoms with Crippen LogP contribution in [-0.2, 0) is 4.79 Å². The number of carbonyl (C=O) groups excluding carboxylic acids is 1. The molecule has 1 saturated carbocycles. The summed E-state index contributed by atoms with van der Waals surface area (Å²) in [5.41, 5.74) is -0.963. The number of rotatable bonds is 5. The number of benzene rings is 2. The zero-order chi connectivity index (χ0) is 18.9. The Bertz CT molecular complexity index is 841. The SMILES string of the molecule is CC1(C)C(C=C(Cl)Cl)C1(C)C(=O)Oc1cccc(Oc2ccccc2)c1. The van der Waals surface area contributed by atoms with Crippen LogP contribution in [0.25, 0.3) is 0 Å². The maximum absolute atomic E-state index is 12.8. The quantitative estimate of drug-likeness (QED) is 0.439. The Morgan fingerprint density at radius 3 is 2.23 bits per heavy atom. The van der Waals surface area contributed by atoms with E-state index in [-0.39, 0.29) is 21.8 Å². The lowest BCUT2D eigenvalue weighted by Gasteiger charge is -2.14. The summed E-state index contributed by atoms with van der Waals surface area (Å²) in [6.45, 7) is 5.87. The minimum atomic E-state index is -0.682. The van der Waals surface area contributed by atoms with Crippen LogP contribution in [0.4, 0.5) is 0 Å². The monoisotopic (exact) mass is 390 g/mol. The van der Waals surface area contributed by atoms with Crippen molar-refractivity contribution in [1.82, 2.24) is 0 Å². The number of allylic oxidation sites excluding steroid dienone is 1. The van der Waals surface area contributed by atoms with Gasteiger partial charge in [0.25, 0.3) is 0 Å². The molecule has 2 atom stereocenters. The number of ether oxygens (including phenoxy) is 2. The first-order valence-corrected chi connectivity index (χ1v) is 9.09. The molecule has 3 nitrogen and oxygen atoms in total. The van der Waals surface area contributed by atoms with Crippen LogP contribution >= 0.6 is 23.2 Å². The van der Waals surface area contributed by atoms with Gasteiger partial charge < -0.3 is 9.47 Å². The van der Waals surface area contributed by atoms with E-state index in [1.807, 2.05) is 57.2 Å². The summed E-state index contributed by atoms with van der Waals surface area (Å²) in [5.74, 6) is 1.37. The van der Waals surface area contributed by atoms with Crippen molar-refractivity contribution < 1.29 is 14.3 Å². The van der Waals surface area contributed by atoms with E-state index in [1.165, 1.54) is 0 Å². The van der Waals surface area contributed by atoms with Crippen molar-refractivity contribution in [1.29, 1.82) is 0 Å². The van der Waals surface area contributed by atoms with E-state index in [1.54, 1.807) is 24.3 Å². The molecule has 0 N–H and O–H groups in total. The normalized spacial score (nSPS) is 23.0. The van der Waals surface area contributed by atoms with Gasteiger partial charge in [0, 0.05) is 12.0 Å². The maximum Gasteiger partial charge on any atom is 0.318 e. The van der Waals surface area contributed by atoms with Crippen molar-refractivity contribution in [2.75, 3.05) is 0 Å². The summed E-state index contributed by atoms with van der Waals surface area (Å²) in [7, 11) is 0. The predicted molar refractivity (Wildman–Crippen MR) is 104 cm³/mol. The smallest absolute Gasteiger partial charge is 0.318 e. The second kappa shape index (κ2) is 6.98. The molecule has 2 aromatic carbocycles. The Kier molecular flexibility index (Phi) is 5.05. The highest BCUT2D eigenvalue weighted by atomic mass is 35.5. The van der Waals surface area contributed by atoms with Gasteiger partial charge in [0.2, 0.25) is 0 Å². The van der Waals surface area contributed by atoms with Crippen LogP contribution in [0.5, 0.6) is 17.2 Å². The number of esters is 1. The van der Waals surface area contributed by atoms with Crippen LogP contribution < -0.4 is 9.47 Å². The standard InChI is InChI=1S/C21H20Cl2O3/c1-20(2)17(13-18(22)23)21(20,3)19(24)26-16-11-7-10-15(12-16)25-14-8-5-4-6-9-14/h4-13,17H,1-3H3. The molecule has 0 radical (unpaired) electrons. The summed E-state index contributed by atoms with van der Waals surface area (Å²) in [6, 6.07) is 16.5. The van der Waals surface area contributed by atoms with E-state index in [9.17, 15) is 4.79 Å². The van der Waals surface area contributed by atoms with Crippen molar-refractivity contribution >= 4 is 29.2 Å². The topological polar surface area (TPSA) is 35.5 Å². The Morgan fingerprint density at radius 1 is 0.962 bits per heavy atom. The first kappa shape index (κ1) is 18.8. The van der Waals surface area contributed by atoms with E-state index in [0.717, 1.165) is 0 Å². The number of hydrogen-bond donors (Lipinski definition) is 0. The van der Waals surface area contributed by atoms with Crippen LogP contribution in [0.2, 0.25) is 0 Å². The molecule has 136 valence electrons. The molecule has 0 bridgehead atoms. The maximum atomic E-state index is 12.8. The second-order valence-corrected chi connectivity index (χ2v) is 8.15. The average molecular weight is 391 g/mol. The zero-order valence-electron chi connectivity index (χ0n) is 14.8. The highest BCUT2D eigenvalue weighted by Crippen LogP contribution is 2.70. The lowest BCUT2D eigenvalue weighted by Crippen LogP contribution is -2.24. The molecular formula is C21H20Cl2O3. The van der Waals surface area contributed by atoms with Crippen molar-refractivity contribution in [2.24, 2.45) is 16.7 Å². The highest BCUT2D eigenvalue weighted by Gasteiger charge is 2.72. The fourth-order valence-electron chi connectivity index (χ4n) is 3.36. The molecule has 0 aliphatic heterocycles. The Labute approximate surface area is 163 Å². The number of para-hydroxylation sites is 1. The molecule has 1 aliphatic rings. The molecule has 0 heterocycles. The van der Waals surface area contributed by atoms with Crippen LogP contribution in [0.15, 0.2) is 65.2 Å². The third kappa shape index (κ3) is 3.46. The van der Waals surface area contributed by atoms with E-state index < -0.39 is 5.41 Å². The van der Waals surface area contributed by atoms with Gasteiger partial charge in [-0.15, -0.1) is 0 Å². The van der Waals surface area contributed by atoms with Crippen molar-refractivity contribution in [3.63, 3.8) is 0 Å². The van der Waals surface area contributed by atoms with Gasteiger partial charge in [0.1, 0.15) is 21.7 Å². The summed E-state index contributed by atoms with van der Waals surface area (Å²) in [5, 5.41) is 0. The van der Waals surface area contributed by atoms with Crippen LogP contribution in [0.3, 0.4) is 0 Å². The first-order valence-electron chi connectivity index (χ1n) is 8.33. The summed E-state index contributed by atoms with van der Waals surface area (Å²) < 4.78 is 11.6. The lowest BCUT2D eigenvalue weighted by molar-refractivity contribution is -0.141. The average Bonchev–Trinajstić information content (AvgIpc) is 3.02. The molecule has 0 spiro atoms. The van der Waals surface area contributed by atoms with Gasteiger partial charge in [-0.3, -0.25) is 4.79 Å². The highest BCUT2D eigenvalue weighted by molar-refractivity contribution is 6.55. The molecule has 2 aromatic rings. The molecule has 0 aromatic heterocycles. The minimum Gasteiger partial charge on any atom is -0.457 e. The molecular weight excluding hydrogens is 371 g/mol. The molecule has 2 unspecified atom stereocenters. The summed E-state index contributed by atoms with van der Waals surface area (Å²) in [6.07, 6.45) is 1.71. The van der Waals surface area contributed by atoms with Gasteiger partial charge in [-0.25, -0.2) is 0 Å². The largest absolute Gasteiger partial charge is 0.457 e. The van der Waals surface area contributed by atoms with Gasteiger partial charge in [0.05, 0.1) is 5.41 Å². The minimum absolute atomic E-state index is 0.0729. The first-order chi connectivity index (χ1) is 12.2. The molecule has 1 aliphatic carbocycles. The third-order valence-electron chi connectivity index (χ3n) is 5.37. The number of hydrogen-bond acceptors (Lipinski definition) is 3. The van der Waals surface area contributed by atoms with E-state index >= 15 is 0 Å².